The van der Waals surface area contributed by atoms with Crippen LogP contribution in [-0.2, 0) is 31.1 Å². The number of anilines is 1. The second kappa shape index (κ2) is 11.4. The first-order chi connectivity index (χ1) is 19.0. The van der Waals surface area contributed by atoms with Crippen LogP contribution >= 0.6 is 11.3 Å². The van der Waals surface area contributed by atoms with Gasteiger partial charge in [0, 0.05) is 32.0 Å². The first-order valence-electron chi connectivity index (χ1n) is 12.7. The van der Waals surface area contributed by atoms with E-state index in [-0.39, 0.29) is 34.9 Å². The van der Waals surface area contributed by atoms with Gasteiger partial charge in [0.15, 0.2) is 15.0 Å². The van der Waals surface area contributed by atoms with Gasteiger partial charge in [0.05, 0.1) is 32.7 Å². The summed E-state index contributed by atoms with van der Waals surface area (Å²) in [5, 5.41) is 0.417. The van der Waals surface area contributed by atoms with Crippen LogP contribution in [0.5, 0.6) is 0 Å². The van der Waals surface area contributed by atoms with Crippen LogP contribution in [-0.4, -0.2) is 64.6 Å². The number of hydrogen-bond acceptors (Lipinski definition) is 8. The molecule has 1 fully saturated rings. The average Bonchev–Trinajstić information content (AvgIpc) is 3.61. The van der Waals surface area contributed by atoms with Crippen molar-refractivity contribution in [2.45, 2.75) is 35.3 Å². The van der Waals surface area contributed by atoms with Gasteiger partial charge in [-0.05, 0) is 60.9 Å². The van der Waals surface area contributed by atoms with Gasteiger partial charge in [-0.15, -0.1) is 0 Å². The monoisotopic (exact) mass is 599 g/mol. The lowest BCUT2D eigenvalue weighted by Gasteiger charge is -2.23. The predicted molar refractivity (Wildman–Crippen MR) is 155 cm³/mol. The van der Waals surface area contributed by atoms with Crippen molar-refractivity contribution in [3.63, 3.8) is 0 Å². The summed E-state index contributed by atoms with van der Waals surface area (Å²) >= 11 is 1.23. The van der Waals surface area contributed by atoms with Gasteiger partial charge in [0.2, 0.25) is 10.0 Å². The fraction of sp³-hybridized carbons (Fsp3) is 0.286. The lowest BCUT2D eigenvalue weighted by molar-refractivity contribution is 0.0917. The molecule has 1 atom stereocenters. The Hall–Kier alpha value is -3.16. The molecule has 3 aromatic carbocycles. The quantitative estimate of drug-likeness (QED) is 0.281. The van der Waals surface area contributed by atoms with Gasteiger partial charge in [-0.25, -0.2) is 21.8 Å². The average molecular weight is 600 g/mol. The summed E-state index contributed by atoms with van der Waals surface area (Å²) in [7, 11) is -5.65. The molecule has 5 rings (SSSR count). The molecule has 40 heavy (non-hydrogen) atoms. The van der Waals surface area contributed by atoms with E-state index >= 15 is 0 Å². The normalized spacial score (nSPS) is 16.0. The summed E-state index contributed by atoms with van der Waals surface area (Å²) in [6.07, 6.45) is 2.69. The number of carbonyl (C=O) groups excluding carboxylic acids is 1. The van der Waals surface area contributed by atoms with Crippen molar-refractivity contribution >= 4 is 52.5 Å². The molecule has 0 aliphatic carbocycles. The predicted octanol–water partition coefficient (Wildman–Crippen LogP) is 4.35. The molecule has 0 spiro atoms. The molecule has 2 heterocycles. The Morgan fingerprint density at radius 3 is 2.35 bits per heavy atom. The van der Waals surface area contributed by atoms with E-state index in [0.29, 0.717) is 27.5 Å². The smallest absolute Gasteiger partial charge is 0.260 e. The number of rotatable bonds is 9. The largest absolute Gasteiger partial charge is 0.376 e. The number of benzene rings is 3. The molecule has 1 aromatic heterocycles. The van der Waals surface area contributed by atoms with Crippen LogP contribution in [0.1, 0.15) is 28.8 Å². The summed E-state index contributed by atoms with van der Waals surface area (Å²) in [5.74, 6) is -0.348. The Balaban J connectivity index is 1.42. The molecule has 1 aliphatic heterocycles. The van der Waals surface area contributed by atoms with Gasteiger partial charge >= 0.3 is 0 Å². The number of fused-ring (bicyclic) bond motifs is 1. The van der Waals surface area contributed by atoms with Crippen LogP contribution < -0.4 is 4.90 Å². The van der Waals surface area contributed by atoms with Crippen molar-refractivity contribution in [1.29, 1.82) is 0 Å². The molecule has 1 aliphatic rings. The number of sulfonamides is 1. The minimum atomic E-state index is -3.78. The number of sulfone groups is 1. The summed E-state index contributed by atoms with van der Waals surface area (Å²) < 4.78 is 58.1. The number of ether oxygens (including phenoxy) is 1. The third kappa shape index (κ3) is 6.11. The zero-order valence-corrected chi connectivity index (χ0v) is 24.5. The van der Waals surface area contributed by atoms with E-state index in [0.717, 1.165) is 24.7 Å². The maximum absolute atomic E-state index is 13.8. The third-order valence-electron chi connectivity index (χ3n) is 6.72. The van der Waals surface area contributed by atoms with Gasteiger partial charge in [0.25, 0.3) is 5.91 Å². The van der Waals surface area contributed by atoms with Crippen molar-refractivity contribution in [3.05, 3.63) is 83.9 Å². The highest BCUT2D eigenvalue weighted by atomic mass is 32.2. The second-order valence-electron chi connectivity index (χ2n) is 9.72. The van der Waals surface area contributed by atoms with Crippen molar-refractivity contribution in [1.82, 2.24) is 9.29 Å². The zero-order valence-electron chi connectivity index (χ0n) is 22.1. The van der Waals surface area contributed by atoms with Crippen LogP contribution in [0.3, 0.4) is 0 Å². The molecule has 1 saturated heterocycles. The highest BCUT2D eigenvalue weighted by molar-refractivity contribution is 7.90. The molecular formula is C28H29N3O6S3. The molecule has 1 unspecified atom stereocenters. The number of nitrogens with zero attached hydrogens (tertiary/aromatic N) is 3. The Kier molecular flexibility index (Phi) is 8.07. The van der Waals surface area contributed by atoms with E-state index in [4.69, 9.17) is 4.74 Å². The van der Waals surface area contributed by atoms with Crippen LogP contribution in [0.2, 0.25) is 0 Å². The molecule has 0 bridgehead atoms. The minimum Gasteiger partial charge on any atom is -0.376 e. The van der Waals surface area contributed by atoms with E-state index in [2.05, 4.69) is 4.98 Å². The van der Waals surface area contributed by atoms with Crippen molar-refractivity contribution < 1.29 is 26.4 Å². The summed E-state index contributed by atoms with van der Waals surface area (Å²) in [6.45, 7) is 1.11. The van der Waals surface area contributed by atoms with E-state index in [1.54, 1.807) is 12.1 Å². The first-order valence-corrected chi connectivity index (χ1v) is 16.8. The van der Waals surface area contributed by atoms with Gasteiger partial charge in [-0.1, -0.05) is 41.7 Å². The van der Waals surface area contributed by atoms with Crippen LogP contribution in [0.15, 0.2) is 82.6 Å². The molecule has 1 amide bonds. The van der Waals surface area contributed by atoms with Crippen molar-refractivity contribution in [2.24, 2.45) is 0 Å². The molecule has 0 saturated carbocycles. The summed E-state index contributed by atoms with van der Waals surface area (Å²) in [4.78, 5) is 20.2. The second-order valence-corrected chi connectivity index (χ2v) is 14.8. The SMILES string of the molecule is CN(Cc1ccccc1)S(=O)(=O)c1ccc(C(=O)N(CC2CCCO2)c2nc3ccc(S(C)(=O)=O)cc3s2)cc1. The molecule has 0 radical (unpaired) electrons. The number of carbonyl (C=O) groups is 1. The highest BCUT2D eigenvalue weighted by Gasteiger charge is 2.28. The maximum atomic E-state index is 13.8. The lowest BCUT2D eigenvalue weighted by Crippen LogP contribution is -2.37. The fourth-order valence-corrected chi connectivity index (χ4v) is 7.40. The van der Waals surface area contributed by atoms with Crippen LogP contribution in [0, 0.1) is 0 Å². The van der Waals surface area contributed by atoms with Gasteiger partial charge < -0.3 is 4.74 Å². The zero-order chi connectivity index (χ0) is 28.5. The Morgan fingerprint density at radius 1 is 1.00 bits per heavy atom. The summed E-state index contributed by atoms with van der Waals surface area (Å²) in [5.41, 5.74) is 1.75. The number of thiazole rings is 1. The lowest BCUT2D eigenvalue weighted by atomic mass is 10.2. The van der Waals surface area contributed by atoms with Gasteiger partial charge in [0.1, 0.15) is 0 Å². The van der Waals surface area contributed by atoms with Crippen molar-refractivity contribution in [2.75, 3.05) is 31.4 Å². The fourth-order valence-electron chi connectivity index (χ4n) is 4.51. The Labute approximate surface area is 238 Å². The Morgan fingerprint density at radius 2 is 1.70 bits per heavy atom. The minimum absolute atomic E-state index is 0.0847. The van der Waals surface area contributed by atoms with E-state index in [1.807, 2.05) is 30.3 Å². The first kappa shape index (κ1) is 28.4. The summed E-state index contributed by atoms with van der Waals surface area (Å²) in [6, 6.07) is 19.9. The molecule has 4 aromatic rings. The topological polar surface area (TPSA) is 114 Å². The number of amides is 1. The van der Waals surface area contributed by atoms with Crippen LogP contribution in [0.25, 0.3) is 10.2 Å². The standard InChI is InChI=1S/C28H29N3O6S3/c1-30(18-20-7-4-3-5-8-20)40(35,36)23-12-10-21(11-13-23)27(32)31(19-22-9-6-16-37-22)28-29-25-15-14-24(39(2,33)34)17-26(25)38-28/h3-5,7-8,10-15,17,22H,6,9,16,18-19H2,1-2H3. The Bertz CT molecular complexity index is 1730. The molecule has 12 heteroatoms. The van der Waals surface area contributed by atoms with Crippen molar-refractivity contribution in [3.8, 4) is 0 Å². The number of aromatic nitrogens is 1. The van der Waals surface area contributed by atoms with Gasteiger partial charge in [-0.2, -0.15) is 4.31 Å². The third-order valence-corrected chi connectivity index (χ3v) is 10.7. The van der Waals surface area contributed by atoms with E-state index in [9.17, 15) is 21.6 Å². The van der Waals surface area contributed by atoms with E-state index in [1.165, 1.54) is 57.9 Å². The maximum Gasteiger partial charge on any atom is 0.260 e. The molecule has 210 valence electrons. The molecule has 0 N–H and O–H groups in total. The van der Waals surface area contributed by atoms with Gasteiger partial charge in [-0.3, -0.25) is 9.69 Å². The molecular weight excluding hydrogens is 571 g/mol. The highest BCUT2D eigenvalue weighted by Crippen LogP contribution is 2.32. The molecule has 9 nitrogen and oxygen atoms in total. The van der Waals surface area contributed by atoms with E-state index < -0.39 is 19.9 Å². The number of hydrogen-bond donors (Lipinski definition) is 0. The van der Waals surface area contributed by atoms with Crippen LogP contribution in [0.4, 0.5) is 5.13 Å².